The number of carbonyl (C=O) groups is 1. The molecule has 0 spiro atoms. The molecule has 0 aromatic heterocycles. The van der Waals surface area contributed by atoms with E-state index < -0.39 is 0 Å². The Balaban J connectivity index is 2.23. The van der Waals surface area contributed by atoms with Crippen LogP contribution in [0.1, 0.15) is 52.9 Å². The predicted octanol–water partition coefficient (Wildman–Crippen LogP) is 2.30. The van der Waals surface area contributed by atoms with E-state index in [9.17, 15) is 4.79 Å². The number of hydrogen-bond donors (Lipinski definition) is 2. The van der Waals surface area contributed by atoms with E-state index in [2.05, 4.69) is 19.2 Å². The second-order valence-electron chi connectivity index (χ2n) is 5.78. The first-order valence-electron chi connectivity index (χ1n) is 7.07. The molecule has 1 aliphatic carbocycles. The average Bonchev–Trinajstić information content (AvgIpc) is 2.35. The summed E-state index contributed by atoms with van der Waals surface area (Å²) in [6.45, 7) is 7.23. The third-order valence-electron chi connectivity index (χ3n) is 4.26. The molecule has 2 atom stereocenters. The Kier molecular flexibility index (Phi) is 5.96. The molecular weight excluding hydrogens is 212 g/mol. The molecule has 1 aliphatic rings. The van der Waals surface area contributed by atoms with Gasteiger partial charge in [-0.25, -0.2) is 0 Å². The van der Waals surface area contributed by atoms with E-state index in [1.54, 1.807) is 0 Å². The summed E-state index contributed by atoms with van der Waals surface area (Å²) in [4.78, 5) is 11.8. The van der Waals surface area contributed by atoms with Gasteiger partial charge in [0.25, 0.3) is 0 Å². The molecule has 1 rings (SSSR count). The third kappa shape index (κ3) is 4.66. The number of nitrogens with one attached hydrogen (secondary N) is 1. The van der Waals surface area contributed by atoms with Gasteiger partial charge in [0.2, 0.25) is 5.91 Å². The molecule has 3 heteroatoms. The van der Waals surface area contributed by atoms with Crippen LogP contribution in [0.4, 0.5) is 0 Å². The summed E-state index contributed by atoms with van der Waals surface area (Å²) < 4.78 is 0. The molecule has 3 N–H and O–H groups in total. The average molecular weight is 240 g/mol. The summed E-state index contributed by atoms with van der Waals surface area (Å²) in [5, 5.41) is 3.02. The molecule has 0 radical (unpaired) electrons. The van der Waals surface area contributed by atoms with Crippen molar-refractivity contribution in [3.63, 3.8) is 0 Å². The van der Waals surface area contributed by atoms with Crippen LogP contribution in [0.25, 0.3) is 0 Å². The van der Waals surface area contributed by atoms with Gasteiger partial charge in [0.1, 0.15) is 0 Å². The molecule has 0 aromatic carbocycles. The first kappa shape index (κ1) is 14.5. The van der Waals surface area contributed by atoms with Crippen molar-refractivity contribution < 1.29 is 4.79 Å². The Morgan fingerprint density at radius 3 is 2.47 bits per heavy atom. The van der Waals surface area contributed by atoms with Gasteiger partial charge < -0.3 is 11.1 Å². The molecule has 17 heavy (non-hydrogen) atoms. The van der Waals surface area contributed by atoms with Gasteiger partial charge in [0.05, 0.1) is 6.04 Å². The van der Waals surface area contributed by atoms with E-state index in [1.807, 2.05) is 6.92 Å². The van der Waals surface area contributed by atoms with Crippen molar-refractivity contribution in [3.05, 3.63) is 0 Å². The summed E-state index contributed by atoms with van der Waals surface area (Å²) in [5.41, 5.74) is 5.90. The Morgan fingerprint density at radius 2 is 1.94 bits per heavy atom. The number of nitrogens with two attached hydrogens (primary N) is 1. The van der Waals surface area contributed by atoms with Crippen LogP contribution in [0, 0.1) is 17.8 Å². The zero-order chi connectivity index (χ0) is 12.8. The second-order valence-corrected chi connectivity index (χ2v) is 5.78. The van der Waals surface area contributed by atoms with Crippen LogP contribution >= 0.6 is 0 Å². The van der Waals surface area contributed by atoms with Gasteiger partial charge in [-0.05, 0) is 30.6 Å². The van der Waals surface area contributed by atoms with E-state index in [4.69, 9.17) is 5.73 Å². The highest BCUT2D eigenvalue weighted by molar-refractivity contribution is 5.81. The lowest BCUT2D eigenvalue weighted by Crippen LogP contribution is -2.46. The molecule has 1 fully saturated rings. The summed E-state index contributed by atoms with van der Waals surface area (Å²) >= 11 is 0. The second kappa shape index (κ2) is 7.00. The van der Waals surface area contributed by atoms with Gasteiger partial charge in [-0.3, -0.25) is 4.79 Å². The Bertz CT molecular complexity index is 234. The summed E-state index contributed by atoms with van der Waals surface area (Å²) in [5.74, 6) is 1.82. The fourth-order valence-electron chi connectivity index (χ4n) is 2.41. The monoisotopic (exact) mass is 240 g/mol. The van der Waals surface area contributed by atoms with Crippen molar-refractivity contribution in [2.75, 3.05) is 6.54 Å². The van der Waals surface area contributed by atoms with Crippen molar-refractivity contribution in [2.45, 2.75) is 58.9 Å². The number of carbonyl (C=O) groups excluding carboxylic acids is 1. The molecule has 1 saturated carbocycles. The lowest BCUT2D eigenvalue weighted by molar-refractivity contribution is -0.123. The van der Waals surface area contributed by atoms with Gasteiger partial charge in [0.15, 0.2) is 0 Å². The zero-order valence-corrected chi connectivity index (χ0v) is 11.5. The Hall–Kier alpha value is -0.570. The number of hydrogen-bond acceptors (Lipinski definition) is 2. The van der Waals surface area contributed by atoms with Gasteiger partial charge >= 0.3 is 0 Å². The van der Waals surface area contributed by atoms with Crippen LogP contribution in [0.3, 0.4) is 0 Å². The first-order valence-corrected chi connectivity index (χ1v) is 7.07. The van der Waals surface area contributed by atoms with Crippen molar-refractivity contribution in [1.29, 1.82) is 0 Å². The maximum Gasteiger partial charge on any atom is 0.237 e. The predicted molar refractivity (Wildman–Crippen MR) is 71.6 cm³/mol. The minimum atomic E-state index is -0.345. The quantitative estimate of drug-likeness (QED) is 0.774. The maximum absolute atomic E-state index is 11.8. The Morgan fingerprint density at radius 1 is 1.35 bits per heavy atom. The standard InChI is InChI=1S/C14H28N2O/c1-4-11(3)13(15)14(17)16-9-12-7-5-10(2)6-8-12/h10-13H,4-9,15H2,1-3H3,(H,16,17). The fraction of sp³-hybridized carbons (Fsp3) is 0.929. The molecule has 0 aliphatic heterocycles. The lowest BCUT2D eigenvalue weighted by Gasteiger charge is -2.27. The Labute approximate surface area is 106 Å². The van der Waals surface area contributed by atoms with Gasteiger partial charge in [-0.2, -0.15) is 0 Å². The third-order valence-corrected chi connectivity index (χ3v) is 4.26. The van der Waals surface area contributed by atoms with Gasteiger partial charge in [-0.15, -0.1) is 0 Å². The van der Waals surface area contributed by atoms with Crippen molar-refractivity contribution in [2.24, 2.45) is 23.5 Å². The minimum absolute atomic E-state index is 0.0259. The highest BCUT2D eigenvalue weighted by Gasteiger charge is 2.22. The molecule has 0 aromatic rings. The molecule has 2 unspecified atom stereocenters. The number of rotatable bonds is 5. The van der Waals surface area contributed by atoms with Crippen molar-refractivity contribution in [3.8, 4) is 0 Å². The van der Waals surface area contributed by atoms with Crippen LogP contribution in [0.2, 0.25) is 0 Å². The lowest BCUT2D eigenvalue weighted by atomic mass is 9.83. The highest BCUT2D eigenvalue weighted by Crippen LogP contribution is 2.27. The SMILES string of the molecule is CCC(C)C(N)C(=O)NCC1CCC(C)CC1. The molecule has 3 nitrogen and oxygen atoms in total. The van der Waals surface area contributed by atoms with Gasteiger partial charge in [0, 0.05) is 6.54 Å². The minimum Gasteiger partial charge on any atom is -0.354 e. The van der Waals surface area contributed by atoms with E-state index in [0.29, 0.717) is 5.92 Å². The molecular formula is C14H28N2O. The van der Waals surface area contributed by atoms with E-state index >= 15 is 0 Å². The van der Waals surface area contributed by atoms with Crippen LogP contribution < -0.4 is 11.1 Å². The van der Waals surface area contributed by atoms with Crippen LogP contribution in [0.5, 0.6) is 0 Å². The van der Waals surface area contributed by atoms with Crippen molar-refractivity contribution in [1.82, 2.24) is 5.32 Å². The molecule has 0 saturated heterocycles. The topological polar surface area (TPSA) is 55.1 Å². The van der Waals surface area contributed by atoms with Crippen LogP contribution in [-0.2, 0) is 4.79 Å². The van der Waals surface area contributed by atoms with Crippen LogP contribution in [0.15, 0.2) is 0 Å². The van der Waals surface area contributed by atoms with E-state index in [0.717, 1.165) is 18.9 Å². The normalized spacial score (nSPS) is 28.5. The van der Waals surface area contributed by atoms with Gasteiger partial charge in [-0.1, -0.05) is 40.0 Å². The molecule has 1 amide bonds. The summed E-state index contributed by atoms with van der Waals surface area (Å²) in [7, 11) is 0. The first-order chi connectivity index (χ1) is 8.04. The molecule has 100 valence electrons. The smallest absolute Gasteiger partial charge is 0.237 e. The molecule has 0 heterocycles. The highest BCUT2D eigenvalue weighted by atomic mass is 16.2. The zero-order valence-electron chi connectivity index (χ0n) is 11.5. The number of amides is 1. The summed E-state index contributed by atoms with van der Waals surface area (Å²) in [6.07, 6.45) is 6.06. The fourth-order valence-corrected chi connectivity index (χ4v) is 2.41. The maximum atomic E-state index is 11.8. The molecule has 0 bridgehead atoms. The summed E-state index contributed by atoms with van der Waals surface area (Å²) in [6, 6.07) is -0.345. The van der Waals surface area contributed by atoms with Crippen molar-refractivity contribution >= 4 is 5.91 Å². The van der Waals surface area contributed by atoms with Crippen LogP contribution in [-0.4, -0.2) is 18.5 Å². The largest absolute Gasteiger partial charge is 0.354 e. The van der Waals surface area contributed by atoms with E-state index in [1.165, 1.54) is 25.7 Å². The van der Waals surface area contributed by atoms with E-state index in [-0.39, 0.29) is 17.9 Å².